The average molecular weight is 321 g/mol. The van der Waals surface area contributed by atoms with Crippen molar-refractivity contribution < 1.29 is 14.4 Å². The van der Waals surface area contributed by atoms with Gasteiger partial charge in [-0.2, -0.15) is 5.26 Å². The SMILES string of the molecule is CC(=O)NCCN/C=C(/C#N)C(=O)NCCCN1CCCC1=O. The number of nitriles is 1. The summed E-state index contributed by atoms with van der Waals surface area (Å²) in [4.78, 5) is 35.7. The minimum atomic E-state index is -0.452. The lowest BCUT2D eigenvalue weighted by Crippen LogP contribution is -2.32. The van der Waals surface area contributed by atoms with Crippen LogP contribution in [0.3, 0.4) is 0 Å². The van der Waals surface area contributed by atoms with E-state index in [1.54, 1.807) is 4.90 Å². The largest absolute Gasteiger partial charge is 0.388 e. The number of amides is 3. The smallest absolute Gasteiger partial charge is 0.263 e. The summed E-state index contributed by atoms with van der Waals surface area (Å²) in [6.45, 7) is 4.08. The molecule has 0 saturated carbocycles. The van der Waals surface area contributed by atoms with Crippen LogP contribution < -0.4 is 16.0 Å². The monoisotopic (exact) mass is 321 g/mol. The van der Waals surface area contributed by atoms with Crippen LogP contribution in [0.5, 0.6) is 0 Å². The predicted molar refractivity (Wildman–Crippen MR) is 83.8 cm³/mol. The maximum atomic E-state index is 11.8. The average Bonchev–Trinajstić information content (AvgIpc) is 2.92. The molecule has 8 heteroatoms. The van der Waals surface area contributed by atoms with Crippen molar-refractivity contribution in [3.63, 3.8) is 0 Å². The van der Waals surface area contributed by atoms with Crippen molar-refractivity contribution in [2.24, 2.45) is 0 Å². The summed E-state index contributed by atoms with van der Waals surface area (Å²) >= 11 is 0. The van der Waals surface area contributed by atoms with E-state index >= 15 is 0 Å². The van der Waals surface area contributed by atoms with Crippen LogP contribution in [0, 0.1) is 11.3 Å². The molecule has 1 aliphatic heterocycles. The van der Waals surface area contributed by atoms with E-state index in [0.29, 0.717) is 39.0 Å². The number of rotatable bonds is 9. The van der Waals surface area contributed by atoms with Crippen LogP contribution in [-0.4, -0.2) is 55.3 Å². The number of carbonyl (C=O) groups excluding carboxylic acids is 3. The molecular formula is C15H23N5O3. The molecule has 1 heterocycles. The molecule has 1 aliphatic rings. The molecule has 0 spiro atoms. The summed E-state index contributed by atoms with van der Waals surface area (Å²) in [6, 6.07) is 1.83. The van der Waals surface area contributed by atoms with Crippen LogP contribution in [0.25, 0.3) is 0 Å². The van der Waals surface area contributed by atoms with E-state index in [0.717, 1.165) is 13.0 Å². The summed E-state index contributed by atoms with van der Waals surface area (Å²) < 4.78 is 0. The summed E-state index contributed by atoms with van der Waals surface area (Å²) in [7, 11) is 0. The van der Waals surface area contributed by atoms with Crippen LogP contribution in [0.2, 0.25) is 0 Å². The van der Waals surface area contributed by atoms with Crippen molar-refractivity contribution in [3.8, 4) is 6.07 Å². The Bertz CT molecular complexity index is 510. The van der Waals surface area contributed by atoms with Crippen molar-refractivity contribution in [3.05, 3.63) is 11.8 Å². The number of likely N-dealkylation sites (tertiary alicyclic amines) is 1. The Balaban J connectivity index is 2.21. The van der Waals surface area contributed by atoms with Gasteiger partial charge in [-0.1, -0.05) is 0 Å². The third kappa shape index (κ3) is 7.31. The number of hydrogen-bond donors (Lipinski definition) is 3. The Morgan fingerprint density at radius 2 is 2.09 bits per heavy atom. The molecule has 1 saturated heterocycles. The highest BCUT2D eigenvalue weighted by atomic mass is 16.2. The first-order chi connectivity index (χ1) is 11.0. The maximum absolute atomic E-state index is 11.8. The standard InChI is InChI=1S/C15H23N5O3/c1-12(21)18-7-6-17-11-13(10-16)15(23)19-5-3-9-20-8-2-4-14(20)22/h11,17H,2-9H2,1H3,(H,18,21)(H,19,23)/b13-11-. The summed E-state index contributed by atoms with van der Waals surface area (Å²) in [5, 5.41) is 17.0. The zero-order valence-electron chi connectivity index (χ0n) is 13.4. The second-order valence-corrected chi connectivity index (χ2v) is 5.20. The summed E-state index contributed by atoms with van der Waals surface area (Å²) in [5.41, 5.74) is -0.0231. The molecule has 8 nitrogen and oxygen atoms in total. The first-order valence-electron chi connectivity index (χ1n) is 7.68. The van der Waals surface area contributed by atoms with E-state index < -0.39 is 5.91 Å². The molecule has 0 aromatic carbocycles. The third-order valence-corrected chi connectivity index (χ3v) is 3.32. The van der Waals surface area contributed by atoms with Gasteiger partial charge in [-0.05, 0) is 12.8 Å². The van der Waals surface area contributed by atoms with E-state index in [2.05, 4.69) is 16.0 Å². The molecule has 126 valence electrons. The van der Waals surface area contributed by atoms with Crippen molar-refractivity contribution in [1.29, 1.82) is 5.26 Å². The topological polar surface area (TPSA) is 114 Å². The number of hydrogen-bond acceptors (Lipinski definition) is 5. The predicted octanol–water partition coefficient (Wildman–Crippen LogP) is -0.752. The van der Waals surface area contributed by atoms with Gasteiger partial charge in [0.15, 0.2) is 0 Å². The van der Waals surface area contributed by atoms with E-state index in [4.69, 9.17) is 5.26 Å². The van der Waals surface area contributed by atoms with Gasteiger partial charge in [0.05, 0.1) is 0 Å². The minimum Gasteiger partial charge on any atom is -0.388 e. The Kier molecular flexibility index (Phi) is 8.21. The van der Waals surface area contributed by atoms with Crippen molar-refractivity contribution in [2.45, 2.75) is 26.2 Å². The van der Waals surface area contributed by atoms with Gasteiger partial charge in [0.2, 0.25) is 11.8 Å². The fourth-order valence-corrected chi connectivity index (χ4v) is 2.14. The first-order valence-corrected chi connectivity index (χ1v) is 7.68. The fraction of sp³-hybridized carbons (Fsp3) is 0.600. The quantitative estimate of drug-likeness (QED) is 0.294. The van der Waals surface area contributed by atoms with Gasteiger partial charge in [-0.15, -0.1) is 0 Å². The highest BCUT2D eigenvalue weighted by molar-refractivity contribution is 5.97. The Morgan fingerprint density at radius 1 is 1.30 bits per heavy atom. The van der Waals surface area contributed by atoms with E-state index in [1.807, 2.05) is 6.07 Å². The number of carbonyl (C=O) groups is 3. The van der Waals surface area contributed by atoms with Crippen LogP contribution in [0.15, 0.2) is 11.8 Å². The molecule has 0 aromatic rings. The zero-order valence-corrected chi connectivity index (χ0v) is 13.4. The normalized spacial score (nSPS) is 14.3. The van der Waals surface area contributed by atoms with Gasteiger partial charge in [0.1, 0.15) is 11.6 Å². The molecule has 0 radical (unpaired) electrons. The van der Waals surface area contributed by atoms with Crippen molar-refractivity contribution in [2.75, 3.05) is 32.7 Å². The molecule has 1 rings (SSSR count). The van der Waals surface area contributed by atoms with Gasteiger partial charge in [0, 0.05) is 52.3 Å². The number of nitrogens with one attached hydrogen (secondary N) is 3. The molecule has 1 fully saturated rings. The summed E-state index contributed by atoms with van der Waals surface area (Å²) in [5.74, 6) is -0.421. The van der Waals surface area contributed by atoms with E-state index in [-0.39, 0.29) is 17.4 Å². The lowest BCUT2D eigenvalue weighted by molar-refractivity contribution is -0.127. The Hall–Kier alpha value is -2.56. The van der Waals surface area contributed by atoms with Crippen LogP contribution in [0.1, 0.15) is 26.2 Å². The van der Waals surface area contributed by atoms with Crippen LogP contribution in [-0.2, 0) is 14.4 Å². The van der Waals surface area contributed by atoms with Crippen molar-refractivity contribution >= 4 is 17.7 Å². The molecule has 3 amide bonds. The Labute approximate surface area is 135 Å². The molecule has 0 aromatic heterocycles. The lowest BCUT2D eigenvalue weighted by atomic mass is 10.3. The van der Waals surface area contributed by atoms with E-state index in [1.165, 1.54) is 13.1 Å². The van der Waals surface area contributed by atoms with Crippen LogP contribution >= 0.6 is 0 Å². The summed E-state index contributed by atoms with van der Waals surface area (Å²) in [6.07, 6.45) is 3.50. The fourth-order valence-electron chi connectivity index (χ4n) is 2.14. The molecule has 0 unspecified atom stereocenters. The second-order valence-electron chi connectivity index (χ2n) is 5.20. The van der Waals surface area contributed by atoms with Gasteiger partial charge < -0.3 is 20.9 Å². The maximum Gasteiger partial charge on any atom is 0.263 e. The molecule has 3 N–H and O–H groups in total. The molecular weight excluding hydrogens is 298 g/mol. The highest BCUT2D eigenvalue weighted by Crippen LogP contribution is 2.09. The second kappa shape index (κ2) is 10.2. The lowest BCUT2D eigenvalue weighted by Gasteiger charge is -2.15. The van der Waals surface area contributed by atoms with Gasteiger partial charge in [0.25, 0.3) is 5.91 Å². The molecule has 23 heavy (non-hydrogen) atoms. The molecule has 0 atom stereocenters. The Morgan fingerprint density at radius 3 is 2.70 bits per heavy atom. The van der Waals surface area contributed by atoms with Gasteiger partial charge in [-0.25, -0.2) is 0 Å². The van der Waals surface area contributed by atoms with E-state index in [9.17, 15) is 14.4 Å². The first kappa shape index (κ1) is 18.5. The molecule has 0 aliphatic carbocycles. The van der Waals surface area contributed by atoms with Gasteiger partial charge in [-0.3, -0.25) is 14.4 Å². The van der Waals surface area contributed by atoms with Crippen LogP contribution in [0.4, 0.5) is 0 Å². The zero-order chi connectivity index (χ0) is 17.1. The van der Waals surface area contributed by atoms with Gasteiger partial charge >= 0.3 is 0 Å². The molecule has 0 bridgehead atoms. The van der Waals surface area contributed by atoms with Crippen molar-refractivity contribution in [1.82, 2.24) is 20.9 Å². The third-order valence-electron chi connectivity index (χ3n) is 3.32. The minimum absolute atomic E-state index is 0.0231. The number of nitrogens with zero attached hydrogens (tertiary/aromatic N) is 2. The highest BCUT2D eigenvalue weighted by Gasteiger charge is 2.19.